The molecule has 0 saturated carbocycles. The molecular formula is C18H23N3. The van der Waals surface area contributed by atoms with Crippen molar-refractivity contribution in [2.45, 2.75) is 32.1 Å². The first-order chi connectivity index (χ1) is 10.4. The van der Waals surface area contributed by atoms with E-state index in [0.717, 1.165) is 17.8 Å². The summed E-state index contributed by atoms with van der Waals surface area (Å²) in [5.74, 6) is 0. The first-order valence-corrected chi connectivity index (χ1v) is 8.00. The fraction of sp³-hybridized carbons (Fsp3) is 0.444. The van der Waals surface area contributed by atoms with Crippen molar-refractivity contribution >= 4 is 0 Å². The first-order valence-electron chi connectivity index (χ1n) is 8.00. The average molecular weight is 281 g/mol. The van der Waals surface area contributed by atoms with Gasteiger partial charge in [-0.25, -0.2) is 0 Å². The summed E-state index contributed by atoms with van der Waals surface area (Å²) in [6, 6.07) is 10.2. The Balaban J connectivity index is 1.50. The second-order valence-corrected chi connectivity index (χ2v) is 5.77. The lowest BCUT2D eigenvalue weighted by Crippen LogP contribution is -2.30. The van der Waals surface area contributed by atoms with Crippen molar-refractivity contribution in [1.82, 2.24) is 14.9 Å². The van der Waals surface area contributed by atoms with Gasteiger partial charge in [0.2, 0.25) is 0 Å². The minimum absolute atomic E-state index is 0.942. The van der Waals surface area contributed by atoms with Crippen molar-refractivity contribution in [2.75, 3.05) is 19.6 Å². The van der Waals surface area contributed by atoms with Gasteiger partial charge >= 0.3 is 0 Å². The Kier molecular flexibility index (Phi) is 4.95. The SMILES string of the molecule is c1ccc(-c2ccc(CCCN3CCCCC3)cn2)nc1. The van der Waals surface area contributed by atoms with Gasteiger partial charge in [0.1, 0.15) is 0 Å². The van der Waals surface area contributed by atoms with Gasteiger partial charge in [-0.05, 0) is 69.1 Å². The molecule has 0 spiro atoms. The summed E-state index contributed by atoms with van der Waals surface area (Å²) in [7, 11) is 0. The molecule has 0 bridgehead atoms. The van der Waals surface area contributed by atoms with E-state index in [1.54, 1.807) is 0 Å². The highest BCUT2D eigenvalue weighted by molar-refractivity contribution is 5.53. The molecule has 3 heteroatoms. The molecule has 0 aromatic carbocycles. The molecule has 1 aliphatic heterocycles. The average Bonchev–Trinajstić information content (AvgIpc) is 2.57. The lowest BCUT2D eigenvalue weighted by atomic mass is 10.1. The van der Waals surface area contributed by atoms with Crippen molar-refractivity contribution in [1.29, 1.82) is 0 Å². The lowest BCUT2D eigenvalue weighted by Gasteiger charge is -2.26. The smallest absolute Gasteiger partial charge is 0.0886 e. The molecule has 21 heavy (non-hydrogen) atoms. The van der Waals surface area contributed by atoms with Crippen LogP contribution >= 0.6 is 0 Å². The third-order valence-electron chi connectivity index (χ3n) is 4.14. The number of piperidine rings is 1. The number of pyridine rings is 2. The van der Waals surface area contributed by atoms with Gasteiger partial charge in [0.15, 0.2) is 0 Å². The van der Waals surface area contributed by atoms with Crippen LogP contribution < -0.4 is 0 Å². The van der Waals surface area contributed by atoms with E-state index in [-0.39, 0.29) is 0 Å². The molecule has 3 nitrogen and oxygen atoms in total. The zero-order valence-electron chi connectivity index (χ0n) is 12.5. The zero-order chi connectivity index (χ0) is 14.3. The molecule has 0 radical (unpaired) electrons. The van der Waals surface area contributed by atoms with Gasteiger partial charge in [-0.3, -0.25) is 9.97 Å². The van der Waals surface area contributed by atoms with Crippen LogP contribution in [-0.2, 0) is 6.42 Å². The number of hydrogen-bond donors (Lipinski definition) is 0. The highest BCUT2D eigenvalue weighted by atomic mass is 15.1. The van der Waals surface area contributed by atoms with Gasteiger partial charge in [-0.15, -0.1) is 0 Å². The normalized spacial score (nSPS) is 16.0. The molecule has 3 rings (SSSR count). The minimum Gasteiger partial charge on any atom is -0.303 e. The molecule has 0 N–H and O–H groups in total. The van der Waals surface area contributed by atoms with E-state index >= 15 is 0 Å². The summed E-state index contributed by atoms with van der Waals surface area (Å²) in [5.41, 5.74) is 3.22. The van der Waals surface area contributed by atoms with Crippen molar-refractivity contribution in [3.05, 3.63) is 48.3 Å². The second kappa shape index (κ2) is 7.32. The quantitative estimate of drug-likeness (QED) is 0.839. The maximum Gasteiger partial charge on any atom is 0.0886 e. The Morgan fingerprint density at radius 2 is 1.76 bits per heavy atom. The molecule has 0 amide bonds. The topological polar surface area (TPSA) is 29.0 Å². The largest absolute Gasteiger partial charge is 0.303 e. The van der Waals surface area contributed by atoms with E-state index in [1.807, 2.05) is 30.6 Å². The summed E-state index contributed by atoms with van der Waals surface area (Å²) in [4.78, 5) is 11.5. The summed E-state index contributed by atoms with van der Waals surface area (Å²) in [6.07, 6.45) is 10.3. The van der Waals surface area contributed by atoms with Crippen molar-refractivity contribution < 1.29 is 0 Å². The molecule has 1 saturated heterocycles. The molecule has 110 valence electrons. The second-order valence-electron chi connectivity index (χ2n) is 5.77. The summed E-state index contributed by atoms with van der Waals surface area (Å²) >= 11 is 0. The Bertz CT molecular complexity index is 530. The first kappa shape index (κ1) is 14.2. The number of likely N-dealkylation sites (tertiary alicyclic amines) is 1. The molecule has 0 aliphatic carbocycles. The Morgan fingerprint density at radius 3 is 2.48 bits per heavy atom. The number of nitrogens with zero attached hydrogens (tertiary/aromatic N) is 3. The highest BCUT2D eigenvalue weighted by Gasteiger charge is 2.09. The van der Waals surface area contributed by atoms with E-state index in [9.17, 15) is 0 Å². The molecule has 2 aromatic rings. The van der Waals surface area contributed by atoms with Gasteiger partial charge < -0.3 is 4.90 Å². The van der Waals surface area contributed by atoms with Crippen molar-refractivity contribution in [2.24, 2.45) is 0 Å². The summed E-state index contributed by atoms with van der Waals surface area (Å²) in [6.45, 7) is 3.80. The number of hydrogen-bond acceptors (Lipinski definition) is 3. The molecule has 2 aromatic heterocycles. The zero-order valence-corrected chi connectivity index (χ0v) is 12.5. The van der Waals surface area contributed by atoms with Crippen LogP contribution in [0.4, 0.5) is 0 Å². The van der Waals surface area contributed by atoms with Crippen molar-refractivity contribution in [3.8, 4) is 11.4 Å². The number of aromatic nitrogens is 2. The van der Waals surface area contributed by atoms with Gasteiger partial charge in [0.25, 0.3) is 0 Å². The third kappa shape index (κ3) is 4.11. The Labute approximate surface area is 127 Å². The van der Waals surface area contributed by atoms with Gasteiger partial charge in [-0.2, -0.15) is 0 Å². The van der Waals surface area contributed by atoms with E-state index in [0.29, 0.717) is 0 Å². The molecule has 1 aliphatic rings. The third-order valence-corrected chi connectivity index (χ3v) is 4.14. The van der Waals surface area contributed by atoms with Crippen LogP contribution in [0.25, 0.3) is 11.4 Å². The van der Waals surface area contributed by atoms with E-state index in [1.165, 1.54) is 50.9 Å². The number of aryl methyl sites for hydroxylation is 1. The van der Waals surface area contributed by atoms with E-state index in [2.05, 4.69) is 27.0 Å². The van der Waals surface area contributed by atoms with Gasteiger partial charge in [0, 0.05) is 12.4 Å². The summed E-state index contributed by atoms with van der Waals surface area (Å²) in [5, 5.41) is 0. The van der Waals surface area contributed by atoms with Crippen LogP contribution in [0.3, 0.4) is 0 Å². The van der Waals surface area contributed by atoms with Gasteiger partial charge in [0.05, 0.1) is 11.4 Å². The van der Waals surface area contributed by atoms with E-state index in [4.69, 9.17) is 0 Å². The predicted octanol–water partition coefficient (Wildman–Crippen LogP) is 3.56. The fourth-order valence-corrected chi connectivity index (χ4v) is 2.93. The Hall–Kier alpha value is -1.74. The van der Waals surface area contributed by atoms with Crippen LogP contribution in [0.2, 0.25) is 0 Å². The molecular weight excluding hydrogens is 258 g/mol. The van der Waals surface area contributed by atoms with Gasteiger partial charge in [-0.1, -0.05) is 18.6 Å². The van der Waals surface area contributed by atoms with Crippen LogP contribution in [0.15, 0.2) is 42.7 Å². The van der Waals surface area contributed by atoms with Crippen LogP contribution in [0.5, 0.6) is 0 Å². The maximum atomic E-state index is 4.54. The molecule has 0 unspecified atom stereocenters. The fourth-order valence-electron chi connectivity index (χ4n) is 2.93. The molecule has 3 heterocycles. The van der Waals surface area contributed by atoms with Crippen LogP contribution in [0.1, 0.15) is 31.2 Å². The summed E-state index contributed by atoms with van der Waals surface area (Å²) < 4.78 is 0. The predicted molar refractivity (Wildman–Crippen MR) is 86.1 cm³/mol. The van der Waals surface area contributed by atoms with Crippen molar-refractivity contribution in [3.63, 3.8) is 0 Å². The molecule has 1 fully saturated rings. The number of rotatable bonds is 5. The monoisotopic (exact) mass is 281 g/mol. The standard InChI is InChI=1S/C18H23N3/c1-4-12-21(13-5-1)14-6-7-16-9-10-18(20-15-16)17-8-2-3-11-19-17/h2-3,8-11,15H,1,4-7,12-14H2. The van der Waals surface area contributed by atoms with E-state index < -0.39 is 0 Å². The maximum absolute atomic E-state index is 4.54. The highest BCUT2D eigenvalue weighted by Crippen LogP contribution is 2.15. The molecule has 0 atom stereocenters. The van der Waals surface area contributed by atoms with Crippen LogP contribution in [-0.4, -0.2) is 34.5 Å². The van der Waals surface area contributed by atoms with Crippen LogP contribution in [0, 0.1) is 0 Å². The minimum atomic E-state index is 0.942. The Morgan fingerprint density at radius 1 is 0.905 bits per heavy atom. The lowest BCUT2D eigenvalue weighted by molar-refractivity contribution is 0.226.